The highest BCUT2D eigenvalue weighted by Crippen LogP contribution is 2.22. The van der Waals surface area contributed by atoms with Crippen LogP contribution in [0.15, 0.2) is 12.3 Å². The summed E-state index contributed by atoms with van der Waals surface area (Å²) in [7, 11) is 0. The number of fused-ring (bicyclic) bond motifs is 1. The highest BCUT2D eigenvalue weighted by Gasteiger charge is 2.12. The molecule has 0 saturated carbocycles. The molecule has 2 nitrogen and oxygen atoms in total. The monoisotopic (exact) mass is 247 g/mol. The summed E-state index contributed by atoms with van der Waals surface area (Å²) in [5.41, 5.74) is 1.24. The van der Waals surface area contributed by atoms with Crippen LogP contribution in [0.4, 0.5) is 0 Å². The second kappa shape index (κ2) is 2.38. The Kier molecular flexibility index (Phi) is 1.52. The van der Waals surface area contributed by atoms with E-state index < -0.39 is 0 Å². The Morgan fingerprint density at radius 1 is 1.60 bits per heavy atom. The molecule has 0 fully saturated rings. The first-order valence-electron chi connectivity index (χ1n) is 3.13. The van der Waals surface area contributed by atoms with Crippen LogP contribution >= 0.6 is 22.6 Å². The number of rotatable bonds is 0. The largest absolute Gasteiger partial charge is 0.477 e. The molecule has 1 aliphatic rings. The van der Waals surface area contributed by atoms with Crippen LogP contribution in [0.3, 0.4) is 0 Å². The van der Waals surface area contributed by atoms with Crippen molar-refractivity contribution in [2.75, 3.05) is 6.61 Å². The smallest absolute Gasteiger partial charge is 0.216 e. The van der Waals surface area contributed by atoms with Gasteiger partial charge in [0.15, 0.2) is 0 Å². The predicted molar refractivity (Wildman–Crippen MR) is 46.2 cm³/mol. The lowest BCUT2D eigenvalue weighted by Crippen LogP contribution is -1.87. The van der Waals surface area contributed by atoms with E-state index in [-0.39, 0.29) is 0 Å². The van der Waals surface area contributed by atoms with E-state index in [2.05, 4.69) is 33.6 Å². The van der Waals surface area contributed by atoms with Gasteiger partial charge in [-0.3, -0.25) is 0 Å². The molecule has 0 aliphatic carbocycles. The summed E-state index contributed by atoms with van der Waals surface area (Å²) in [4.78, 5) is 4.13. The topological polar surface area (TPSA) is 22.1 Å². The molecule has 1 aromatic rings. The lowest BCUT2D eigenvalue weighted by Gasteiger charge is -1.95. The van der Waals surface area contributed by atoms with Gasteiger partial charge in [-0.25, -0.2) is 4.98 Å². The third kappa shape index (κ3) is 0.982. The van der Waals surface area contributed by atoms with Crippen molar-refractivity contribution in [1.29, 1.82) is 0 Å². The number of ether oxygens (including phenoxy) is 1. The van der Waals surface area contributed by atoms with Crippen LogP contribution in [0, 0.1) is 3.57 Å². The first kappa shape index (κ1) is 6.39. The number of aromatic nitrogens is 1. The summed E-state index contributed by atoms with van der Waals surface area (Å²) in [6, 6.07) is 2.12. The molecule has 0 amide bonds. The molecule has 0 bridgehead atoms. The highest BCUT2D eigenvalue weighted by molar-refractivity contribution is 14.1. The van der Waals surface area contributed by atoms with Crippen LogP contribution in [-0.4, -0.2) is 11.6 Å². The van der Waals surface area contributed by atoms with Crippen LogP contribution in [0.25, 0.3) is 0 Å². The lowest BCUT2D eigenvalue weighted by atomic mass is 10.2. The minimum Gasteiger partial charge on any atom is -0.477 e. The maximum Gasteiger partial charge on any atom is 0.216 e. The fraction of sp³-hybridized carbons (Fsp3) is 0.286. The van der Waals surface area contributed by atoms with Gasteiger partial charge in [-0.15, -0.1) is 0 Å². The molecule has 0 N–H and O–H groups in total. The van der Waals surface area contributed by atoms with Gasteiger partial charge < -0.3 is 4.74 Å². The zero-order valence-corrected chi connectivity index (χ0v) is 7.46. The molecule has 10 heavy (non-hydrogen) atoms. The van der Waals surface area contributed by atoms with Gasteiger partial charge in [-0.1, -0.05) is 0 Å². The third-order valence-electron chi connectivity index (χ3n) is 1.50. The van der Waals surface area contributed by atoms with Crippen molar-refractivity contribution in [2.24, 2.45) is 0 Å². The first-order valence-corrected chi connectivity index (χ1v) is 4.21. The molecule has 0 radical (unpaired) electrons. The van der Waals surface area contributed by atoms with Crippen molar-refractivity contribution in [3.63, 3.8) is 0 Å². The predicted octanol–water partition coefficient (Wildman–Crippen LogP) is 1.62. The van der Waals surface area contributed by atoms with E-state index in [0.29, 0.717) is 0 Å². The van der Waals surface area contributed by atoms with E-state index in [4.69, 9.17) is 4.74 Å². The fourth-order valence-corrected chi connectivity index (χ4v) is 1.55. The summed E-state index contributed by atoms with van der Waals surface area (Å²) < 4.78 is 6.42. The summed E-state index contributed by atoms with van der Waals surface area (Å²) in [6.45, 7) is 0.794. The first-order chi connectivity index (χ1) is 4.86. The summed E-state index contributed by atoms with van der Waals surface area (Å²) in [6.07, 6.45) is 2.84. The van der Waals surface area contributed by atoms with Crippen LogP contribution in [0.5, 0.6) is 5.88 Å². The summed E-state index contributed by atoms with van der Waals surface area (Å²) in [5.74, 6) is 0.820. The number of nitrogens with zero attached hydrogens (tertiary/aromatic N) is 1. The molecule has 0 saturated heterocycles. The molecule has 2 heterocycles. The van der Waals surface area contributed by atoms with Crippen LogP contribution in [0.2, 0.25) is 0 Å². The van der Waals surface area contributed by atoms with Gasteiger partial charge in [0.1, 0.15) is 0 Å². The van der Waals surface area contributed by atoms with E-state index in [0.717, 1.165) is 18.9 Å². The molecule has 0 atom stereocenters. The van der Waals surface area contributed by atoms with Crippen molar-refractivity contribution in [1.82, 2.24) is 4.98 Å². The average molecular weight is 247 g/mol. The zero-order valence-electron chi connectivity index (χ0n) is 5.30. The molecule has 0 aromatic carbocycles. The van der Waals surface area contributed by atoms with Crippen LogP contribution < -0.4 is 4.74 Å². The molecule has 0 spiro atoms. The van der Waals surface area contributed by atoms with Gasteiger partial charge in [-0.05, 0) is 28.7 Å². The van der Waals surface area contributed by atoms with Gasteiger partial charge >= 0.3 is 0 Å². The van der Waals surface area contributed by atoms with Crippen molar-refractivity contribution >= 4 is 22.6 Å². The van der Waals surface area contributed by atoms with Gasteiger partial charge in [0.25, 0.3) is 0 Å². The van der Waals surface area contributed by atoms with Crippen molar-refractivity contribution in [3.05, 3.63) is 21.4 Å². The molecule has 0 unspecified atom stereocenters. The van der Waals surface area contributed by atoms with E-state index in [1.165, 1.54) is 9.13 Å². The quantitative estimate of drug-likeness (QED) is 0.650. The molecule has 1 aromatic heterocycles. The number of hydrogen-bond acceptors (Lipinski definition) is 2. The number of pyridine rings is 1. The molecule has 52 valence electrons. The van der Waals surface area contributed by atoms with Crippen LogP contribution in [0.1, 0.15) is 5.56 Å². The van der Waals surface area contributed by atoms with Gasteiger partial charge in [0.05, 0.1) is 6.61 Å². The lowest BCUT2D eigenvalue weighted by molar-refractivity contribution is 0.345. The zero-order chi connectivity index (χ0) is 6.97. The fourth-order valence-electron chi connectivity index (χ4n) is 1.04. The Morgan fingerprint density at radius 3 is 3.40 bits per heavy atom. The molecule has 2 rings (SSSR count). The number of halogens is 1. The van der Waals surface area contributed by atoms with E-state index in [1.807, 2.05) is 6.20 Å². The van der Waals surface area contributed by atoms with E-state index in [9.17, 15) is 0 Å². The second-order valence-electron chi connectivity index (χ2n) is 2.22. The van der Waals surface area contributed by atoms with Crippen LogP contribution in [-0.2, 0) is 6.42 Å². The Bertz CT molecular complexity index is 262. The molecular formula is C7H6INO. The SMILES string of the molecule is Ic1cnc2c(c1)CCO2. The normalized spacial score (nSPS) is 14.5. The molecule has 3 heteroatoms. The van der Waals surface area contributed by atoms with E-state index in [1.54, 1.807) is 0 Å². The maximum absolute atomic E-state index is 5.24. The molecule has 1 aliphatic heterocycles. The van der Waals surface area contributed by atoms with Crippen molar-refractivity contribution in [3.8, 4) is 5.88 Å². The van der Waals surface area contributed by atoms with Crippen molar-refractivity contribution < 1.29 is 4.74 Å². The minimum atomic E-state index is 0.794. The van der Waals surface area contributed by atoms with Crippen molar-refractivity contribution in [2.45, 2.75) is 6.42 Å². The van der Waals surface area contributed by atoms with Gasteiger partial charge in [0, 0.05) is 21.8 Å². The van der Waals surface area contributed by atoms with Gasteiger partial charge in [0.2, 0.25) is 5.88 Å². The Hall–Kier alpha value is -0.320. The summed E-state index contributed by atoms with van der Waals surface area (Å²) in [5, 5.41) is 0. The Morgan fingerprint density at radius 2 is 2.50 bits per heavy atom. The summed E-state index contributed by atoms with van der Waals surface area (Å²) >= 11 is 2.26. The standard InChI is InChI=1S/C7H6INO/c8-6-3-5-1-2-10-7(5)9-4-6/h3-4H,1-2H2. The van der Waals surface area contributed by atoms with Gasteiger partial charge in [-0.2, -0.15) is 0 Å². The highest BCUT2D eigenvalue weighted by atomic mass is 127. The maximum atomic E-state index is 5.24. The third-order valence-corrected chi connectivity index (χ3v) is 2.09. The second-order valence-corrected chi connectivity index (χ2v) is 3.46. The average Bonchev–Trinajstić information content (AvgIpc) is 2.33. The minimum absolute atomic E-state index is 0.794. The van der Waals surface area contributed by atoms with E-state index >= 15 is 0 Å². The molecular weight excluding hydrogens is 241 g/mol. The number of hydrogen-bond donors (Lipinski definition) is 0. The Balaban J connectivity index is 2.52. The Labute approximate surface area is 72.8 Å².